The summed E-state index contributed by atoms with van der Waals surface area (Å²) >= 11 is 2.77. The highest BCUT2D eigenvalue weighted by molar-refractivity contribution is 9.10. The second kappa shape index (κ2) is 3.68. The first-order chi connectivity index (χ1) is 7.77. The van der Waals surface area contributed by atoms with Crippen molar-refractivity contribution in [3.63, 3.8) is 0 Å². The van der Waals surface area contributed by atoms with Crippen LogP contribution in [-0.4, -0.2) is 17.6 Å². The van der Waals surface area contributed by atoms with Crippen LogP contribution in [0.25, 0.3) is 0 Å². The third-order valence-corrected chi connectivity index (χ3v) is 3.99. The van der Waals surface area contributed by atoms with E-state index < -0.39 is 41.1 Å². The molecule has 1 fully saturated rings. The van der Waals surface area contributed by atoms with Crippen molar-refractivity contribution in [1.82, 2.24) is 0 Å². The number of alkyl halides is 2. The lowest BCUT2D eigenvalue weighted by Gasteiger charge is -2.06. The van der Waals surface area contributed by atoms with Crippen LogP contribution in [0.4, 0.5) is 17.6 Å². The Kier molecular flexibility index (Phi) is 2.78. The number of hydrogen-bond donors (Lipinski definition) is 1. The van der Waals surface area contributed by atoms with Crippen molar-refractivity contribution in [2.24, 2.45) is 5.41 Å². The molecule has 0 saturated heterocycles. The smallest absolute Gasteiger partial charge is 0.264 e. The van der Waals surface area contributed by atoms with Gasteiger partial charge >= 0.3 is 0 Å². The van der Waals surface area contributed by atoms with Crippen LogP contribution < -0.4 is 0 Å². The molecule has 1 aromatic rings. The van der Waals surface area contributed by atoms with Crippen molar-refractivity contribution in [3.8, 4) is 0 Å². The van der Waals surface area contributed by atoms with Gasteiger partial charge in [0, 0.05) is 5.56 Å². The summed E-state index contributed by atoms with van der Waals surface area (Å²) in [5.74, 6) is -7.18. The number of aliphatic hydroxyl groups excluding tert-OH is 1. The highest BCUT2D eigenvalue weighted by Crippen LogP contribution is 2.71. The maximum absolute atomic E-state index is 13.6. The lowest BCUT2D eigenvalue weighted by molar-refractivity contribution is 0.0435. The van der Waals surface area contributed by atoms with Gasteiger partial charge in [-0.2, -0.15) is 0 Å². The van der Waals surface area contributed by atoms with Crippen LogP contribution in [0.5, 0.6) is 0 Å². The zero-order valence-corrected chi connectivity index (χ0v) is 10.4. The van der Waals surface area contributed by atoms with Gasteiger partial charge in [-0.15, -0.1) is 0 Å². The molecular formula is C11H9BrF4O. The Hall–Kier alpha value is -0.620. The summed E-state index contributed by atoms with van der Waals surface area (Å²) in [4.78, 5) is 0. The van der Waals surface area contributed by atoms with Crippen molar-refractivity contribution in [2.45, 2.75) is 18.8 Å². The first-order valence-electron chi connectivity index (χ1n) is 4.89. The molecule has 0 aromatic heterocycles. The van der Waals surface area contributed by atoms with E-state index >= 15 is 0 Å². The Bertz CT molecular complexity index is 477. The van der Waals surface area contributed by atoms with E-state index in [4.69, 9.17) is 5.11 Å². The molecule has 2 rings (SSSR count). The van der Waals surface area contributed by atoms with Crippen LogP contribution in [-0.2, 0) is 0 Å². The molecule has 2 unspecified atom stereocenters. The Morgan fingerprint density at radius 3 is 2.35 bits per heavy atom. The minimum absolute atomic E-state index is 0.117. The van der Waals surface area contributed by atoms with E-state index in [0.717, 1.165) is 13.0 Å². The standard InChI is InChI=1S/C11H9BrF4O/c1-10(4-17)9(11(10,15)16)5-2-3-6(12)8(14)7(5)13/h2-3,9,17H,4H2,1H3. The molecule has 0 heterocycles. The fraction of sp³-hybridized carbons (Fsp3) is 0.455. The maximum atomic E-state index is 13.6. The average molecular weight is 313 g/mol. The molecule has 2 atom stereocenters. The maximum Gasteiger partial charge on any atom is 0.264 e. The predicted molar refractivity (Wildman–Crippen MR) is 56.9 cm³/mol. The molecule has 17 heavy (non-hydrogen) atoms. The quantitative estimate of drug-likeness (QED) is 0.655. The summed E-state index contributed by atoms with van der Waals surface area (Å²) in [6.07, 6.45) is 0. The van der Waals surface area contributed by atoms with Crippen molar-refractivity contribution in [3.05, 3.63) is 33.8 Å². The summed E-state index contributed by atoms with van der Waals surface area (Å²) in [5, 5.41) is 8.94. The molecule has 0 radical (unpaired) electrons. The number of hydrogen-bond acceptors (Lipinski definition) is 1. The molecule has 1 saturated carbocycles. The van der Waals surface area contributed by atoms with Gasteiger partial charge in [0.25, 0.3) is 5.92 Å². The fourth-order valence-electron chi connectivity index (χ4n) is 2.08. The average Bonchev–Trinajstić information content (AvgIpc) is 2.72. The second-order valence-corrected chi connectivity index (χ2v) is 5.25. The SMILES string of the molecule is CC1(CO)C(c2ccc(Br)c(F)c2F)C1(F)F. The van der Waals surface area contributed by atoms with Gasteiger partial charge in [0.15, 0.2) is 11.6 Å². The lowest BCUT2D eigenvalue weighted by atomic mass is 10.0. The number of aliphatic hydroxyl groups is 1. The van der Waals surface area contributed by atoms with Crippen molar-refractivity contribution >= 4 is 15.9 Å². The highest BCUT2D eigenvalue weighted by Gasteiger charge is 2.78. The van der Waals surface area contributed by atoms with Crippen LogP contribution in [0.1, 0.15) is 18.4 Å². The zero-order valence-electron chi connectivity index (χ0n) is 8.78. The van der Waals surface area contributed by atoms with E-state index in [0.29, 0.717) is 0 Å². The topological polar surface area (TPSA) is 20.2 Å². The molecule has 0 amide bonds. The van der Waals surface area contributed by atoms with Gasteiger partial charge in [-0.1, -0.05) is 13.0 Å². The van der Waals surface area contributed by atoms with E-state index in [-0.39, 0.29) is 4.47 Å². The second-order valence-electron chi connectivity index (χ2n) is 4.40. The monoisotopic (exact) mass is 312 g/mol. The van der Waals surface area contributed by atoms with Gasteiger partial charge in [-0.3, -0.25) is 0 Å². The molecule has 1 aliphatic carbocycles. The molecule has 1 N–H and O–H groups in total. The molecule has 6 heteroatoms. The van der Waals surface area contributed by atoms with Crippen LogP contribution in [0, 0.1) is 17.0 Å². The van der Waals surface area contributed by atoms with E-state index in [2.05, 4.69) is 15.9 Å². The molecule has 1 aromatic carbocycles. The third kappa shape index (κ3) is 1.53. The molecule has 1 nitrogen and oxygen atoms in total. The van der Waals surface area contributed by atoms with Gasteiger partial charge in [-0.25, -0.2) is 17.6 Å². The van der Waals surface area contributed by atoms with E-state index in [1.165, 1.54) is 6.07 Å². The normalized spacial score (nSPS) is 30.4. The molecule has 94 valence electrons. The molecule has 0 aliphatic heterocycles. The molecule has 0 spiro atoms. The van der Waals surface area contributed by atoms with Crippen LogP contribution in [0.2, 0.25) is 0 Å². The van der Waals surface area contributed by atoms with Crippen LogP contribution in [0.15, 0.2) is 16.6 Å². The molecule has 1 aliphatic rings. The first kappa shape index (κ1) is 12.8. The third-order valence-electron chi connectivity index (χ3n) is 3.38. The first-order valence-corrected chi connectivity index (χ1v) is 5.68. The largest absolute Gasteiger partial charge is 0.396 e. The van der Waals surface area contributed by atoms with Gasteiger partial charge in [-0.05, 0) is 22.0 Å². The predicted octanol–water partition coefficient (Wildman–Crippen LogP) is 3.46. The Balaban J connectivity index is 2.48. The van der Waals surface area contributed by atoms with Crippen LogP contribution >= 0.6 is 15.9 Å². The fourth-order valence-corrected chi connectivity index (χ4v) is 2.39. The zero-order chi connectivity index (χ0) is 13.0. The van der Waals surface area contributed by atoms with E-state index in [9.17, 15) is 17.6 Å². The molecule has 0 bridgehead atoms. The Morgan fingerprint density at radius 1 is 1.29 bits per heavy atom. The highest BCUT2D eigenvalue weighted by atomic mass is 79.9. The van der Waals surface area contributed by atoms with Gasteiger partial charge in [0.05, 0.1) is 22.4 Å². The number of rotatable bonds is 2. The number of halogens is 5. The van der Waals surface area contributed by atoms with Gasteiger partial charge < -0.3 is 5.11 Å². The van der Waals surface area contributed by atoms with E-state index in [1.54, 1.807) is 0 Å². The van der Waals surface area contributed by atoms with Crippen molar-refractivity contribution in [1.29, 1.82) is 0 Å². The van der Waals surface area contributed by atoms with E-state index in [1.807, 2.05) is 0 Å². The Morgan fingerprint density at radius 2 is 1.88 bits per heavy atom. The van der Waals surface area contributed by atoms with Crippen molar-refractivity contribution < 1.29 is 22.7 Å². The summed E-state index contributed by atoms with van der Waals surface area (Å²) in [6, 6.07) is 2.29. The van der Waals surface area contributed by atoms with Gasteiger partial charge in [0.2, 0.25) is 0 Å². The minimum atomic E-state index is -3.22. The van der Waals surface area contributed by atoms with Crippen LogP contribution in [0.3, 0.4) is 0 Å². The Labute approximate surface area is 104 Å². The lowest BCUT2D eigenvalue weighted by Crippen LogP contribution is -2.10. The van der Waals surface area contributed by atoms with Gasteiger partial charge in [0.1, 0.15) is 0 Å². The summed E-state index contributed by atoms with van der Waals surface area (Å²) < 4.78 is 53.7. The summed E-state index contributed by atoms with van der Waals surface area (Å²) in [5.41, 5.74) is -2.11. The number of benzene rings is 1. The summed E-state index contributed by atoms with van der Waals surface area (Å²) in [6.45, 7) is 0.374. The summed E-state index contributed by atoms with van der Waals surface area (Å²) in [7, 11) is 0. The minimum Gasteiger partial charge on any atom is -0.396 e. The molecular weight excluding hydrogens is 304 g/mol. The van der Waals surface area contributed by atoms with Crippen molar-refractivity contribution in [2.75, 3.05) is 6.61 Å².